The molecule has 8 nitrogen and oxygen atoms in total. The predicted molar refractivity (Wildman–Crippen MR) is 127 cm³/mol. The number of hydrogen-bond acceptors (Lipinski definition) is 7. The van der Waals surface area contributed by atoms with Gasteiger partial charge in [0.05, 0.1) is 33.8 Å². The number of amides is 1. The minimum absolute atomic E-state index is 0.00308. The van der Waals surface area contributed by atoms with Crippen LogP contribution in [0.1, 0.15) is 15.9 Å². The molecular weight excluding hydrogens is 472 g/mol. The van der Waals surface area contributed by atoms with Gasteiger partial charge >= 0.3 is 0 Å². The quantitative estimate of drug-likeness (QED) is 0.313. The summed E-state index contributed by atoms with van der Waals surface area (Å²) in [5.41, 5.74) is 1.37. The van der Waals surface area contributed by atoms with Crippen molar-refractivity contribution in [1.29, 1.82) is 5.26 Å². The number of para-hydroxylation sites is 1. The van der Waals surface area contributed by atoms with Gasteiger partial charge < -0.3 is 0 Å². The molecule has 0 unspecified atom stereocenters. The van der Waals surface area contributed by atoms with E-state index in [9.17, 15) is 18.0 Å². The lowest BCUT2D eigenvalue weighted by Crippen LogP contribution is -2.32. The van der Waals surface area contributed by atoms with Crippen molar-refractivity contribution in [3.05, 3.63) is 94.3 Å². The SMILES string of the molecule is N#Cc1ccc(-n2c(SCCN3C(=O)c4ccccc4S3(=O)=O)nc3ccccc3c2=O)cc1. The summed E-state index contributed by atoms with van der Waals surface area (Å²) in [7, 11) is -3.91. The Morgan fingerprint density at radius 3 is 2.38 bits per heavy atom. The highest BCUT2D eigenvalue weighted by Gasteiger charge is 2.40. The molecule has 1 aromatic heterocycles. The molecule has 2 heterocycles. The first-order valence-electron chi connectivity index (χ1n) is 10.2. The van der Waals surface area contributed by atoms with Crippen LogP contribution < -0.4 is 5.56 Å². The minimum Gasteiger partial charge on any atom is -0.268 e. The van der Waals surface area contributed by atoms with Crippen molar-refractivity contribution in [2.24, 2.45) is 0 Å². The third kappa shape index (κ3) is 3.55. The summed E-state index contributed by atoms with van der Waals surface area (Å²) in [5, 5.41) is 9.87. The van der Waals surface area contributed by atoms with Gasteiger partial charge in [-0.25, -0.2) is 17.7 Å². The summed E-state index contributed by atoms with van der Waals surface area (Å²) >= 11 is 1.18. The fourth-order valence-electron chi connectivity index (χ4n) is 3.79. The first kappa shape index (κ1) is 21.9. The smallest absolute Gasteiger partial charge is 0.268 e. The van der Waals surface area contributed by atoms with Crippen LogP contribution in [0.25, 0.3) is 16.6 Å². The molecule has 5 rings (SSSR count). The van der Waals surface area contributed by atoms with Crippen molar-refractivity contribution in [3.63, 3.8) is 0 Å². The van der Waals surface area contributed by atoms with Gasteiger partial charge in [0.1, 0.15) is 4.90 Å². The van der Waals surface area contributed by atoms with E-state index in [1.165, 1.54) is 28.5 Å². The van der Waals surface area contributed by atoms with Crippen LogP contribution in [0, 0.1) is 11.3 Å². The van der Waals surface area contributed by atoms with Crippen molar-refractivity contribution in [2.45, 2.75) is 10.1 Å². The molecule has 0 bridgehead atoms. The Balaban J connectivity index is 1.49. The number of hydrogen-bond donors (Lipinski definition) is 0. The van der Waals surface area contributed by atoms with E-state index >= 15 is 0 Å². The van der Waals surface area contributed by atoms with Gasteiger partial charge in [-0.2, -0.15) is 5.26 Å². The Morgan fingerprint density at radius 2 is 1.65 bits per heavy atom. The Morgan fingerprint density at radius 1 is 0.941 bits per heavy atom. The van der Waals surface area contributed by atoms with Crippen molar-refractivity contribution < 1.29 is 13.2 Å². The summed E-state index contributed by atoms with van der Waals surface area (Å²) in [6.07, 6.45) is 0. The molecule has 3 aromatic carbocycles. The number of rotatable bonds is 5. The maximum atomic E-state index is 13.3. The second-order valence-electron chi connectivity index (χ2n) is 7.44. The lowest BCUT2D eigenvalue weighted by atomic mass is 10.2. The summed E-state index contributed by atoms with van der Waals surface area (Å²) in [6, 6.07) is 21.7. The maximum Gasteiger partial charge on any atom is 0.269 e. The fraction of sp³-hybridized carbons (Fsp3) is 0.0833. The largest absolute Gasteiger partial charge is 0.269 e. The van der Waals surface area contributed by atoms with Crippen LogP contribution in [0.15, 0.2) is 87.6 Å². The number of nitrogens with zero attached hydrogens (tertiary/aromatic N) is 4. The molecule has 1 aliphatic heterocycles. The van der Waals surface area contributed by atoms with Gasteiger partial charge in [0, 0.05) is 12.3 Å². The molecule has 1 amide bonds. The number of carbonyl (C=O) groups is 1. The van der Waals surface area contributed by atoms with Crippen molar-refractivity contribution in [1.82, 2.24) is 13.9 Å². The van der Waals surface area contributed by atoms with Crippen LogP contribution in [0.2, 0.25) is 0 Å². The molecule has 0 saturated heterocycles. The average molecular weight is 489 g/mol. The van der Waals surface area contributed by atoms with E-state index in [0.717, 1.165) is 4.31 Å². The van der Waals surface area contributed by atoms with E-state index in [1.807, 2.05) is 6.07 Å². The molecule has 0 radical (unpaired) electrons. The fourth-order valence-corrected chi connectivity index (χ4v) is 6.42. The predicted octanol–water partition coefficient (Wildman–Crippen LogP) is 3.19. The van der Waals surface area contributed by atoms with Crippen LogP contribution in [-0.2, 0) is 10.0 Å². The summed E-state index contributed by atoms with van der Waals surface area (Å²) < 4.78 is 27.9. The highest BCUT2D eigenvalue weighted by molar-refractivity contribution is 7.99. The van der Waals surface area contributed by atoms with Crippen LogP contribution in [0.5, 0.6) is 0 Å². The van der Waals surface area contributed by atoms with E-state index in [4.69, 9.17) is 5.26 Å². The van der Waals surface area contributed by atoms with Gasteiger partial charge in [0.15, 0.2) is 5.16 Å². The van der Waals surface area contributed by atoms with Crippen molar-refractivity contribution in [3.8, 4) is 11.8 Å². The molecule has 34 heavy (non-hydrogen) atoms. The Bertz CT molecular complexity index is 1660. The second-order valence-corrected chi connectivity index (χ2v) is 10.3. The molecule has 0 N–H and O–H groups in total. The first-order valence-corrected chi connectivity index (χ1v) is 12.7. The monoisotopic (exact) mass is 488 g/mol. The Labute approximate surface area is 199 Å². The number of thioether (sulfide) groups is 1. The highest BCUT2D eigenvalue weighted by atomic mass is 32.2. The molecule has 10 heteroatoms. The summed E-state index contributed by atoms with van der Waals surface area (Å²) in [4.78, 5) is 30.6. The standard InChI is InChI=1S/C24H16N4O4S2/c25-15-16-9-11-17(12-10-16)28-23(30)18-5-1-3-7-20(18)26-24(28)33-14-13-27-22(29)19-6-2-4-8-21(19)34(27,31)32/h1-12H,13-14H2. The van der Waals surface area contributed by atoms with Crippen LogP contribution in [0.4, 0.5) is 0 Å². The number of carbonyl (C=O) groups excluding carboxylic acids is 1. The van der Waals surface area contributed by atoms with E-state index in [1.54, 1.807) is 60.7 Å². The van der Waals surface area contributed by atoms with Crippen molar-refractivity contribution >= 4 is 38.6 Å². The number of benzene rings is 3. The van der Waals surface area contributed by atoms with Gasteiger partial charge in [-0.15, -0.1) is 0 Å². The normalized spacial score (nSPS) is 14.2. The molecule has 0 saturated carbocycles. The van der Waals surface area contributed by atoms with E-state index in [2.05, 4.69) is 4.98 Å². The second kappa shape index (κ2) is 8.44. The minimum atomic E-state index is -3.91. The molecule has 0 atom stereocenters. The van der Waals surface area contributed by atoms with Gasteiger partial charge in [0.2, 0.25) is 0 Å². The average Bonchev–Trinajstić information content (AvgIpc) is 3.05. The maximum absolute atomic E-state index is 13.3. The number of sulfonamides is 1. The zero-order valence-electron chi connectivity index (χ0n) is 17.6. The summed E-state index contributed by atoms with van der Waals surface area (Å²) in [5.74, 6) is -0.368. The molecular formula is C24H16N4O4S2. The Hall–Kier alpha value is -3.94. The lowest BCUT2D eigenvalue weighted by molar-refractivity contribution is 0.0876. The van der Waals surface area contributed by atoms with Gasteiger partial charge in [-0.1, -0.05) is 36.0 Å². The Kier molecular flexibility index (Phi) is 5.43. The summed E-state index contributed by atoms with van der Waals surface area (Å²) in [6.45, 7) is -0.0728. The number of fused-ring (bicyclic) bond motifs is 2. The molecule has 4 aromatic rings. The van der Waals surface area contributed by atoms with Gasteiger partial charge in [-0.3, -0.25) is 14.2 Å². The van der Waals surface area contributed by atoms with E-state index in [-0.39, 0.29) is 28.3 Å². The molecule has 0 aliphatic carbocycles. The van der Waals surface area contributed by atoms with Crippen LogP contribution in [-0.4, -0.2) is 40.5 Å². The highest BCUT2D eigenvalue weighted by Crippen LogP contribution is 2.30. The third-order valence-electron chi connectivity index (χ3n) is 5.44. The molecule has 1 aliphatic rings. The first-order chi connectivity index (χ1) is 16.4. The molecule has 168 valence electrons. The van der Waals surface area contributed by atoms with E-state index < -0.39 is 15.9 Å². The van der Waals surface area contributed by atoms with Crippen molar-refractivity contribution in [2.75, 3.05) is 12.3 Å². The third-order valence-corrected chi connectivity index (χ3v) is 8.20. The van der Waals surface area contributed by atoms with Crippen LogP contribution >= 0.6 is 11.8 Å². The zero-order valence-corrected chi connectivity index (χ0v) is 19.2. The number of aromatic nitrogens is 2. The van der Waals surface area contributed by atoms with Gasteiger partial charge in [-0.05, 0) is 48.5 Å². The van der Waals surface area contributed by atoms with Crippen LogP contribution in [0.3, 0.4) is 0 Å². The molecule has 0 spiro atoms. The zero-order chi connectivity index (χ0) is 23.9. The van der Waals surface area contributed by atoms with E-state index in [0.29, 0.717) is 27.3 Å². The lowest BCUT2D eigenvalue weighted by Gasteiger charge is -2.16. The number of nitriles is 1. The molecule has 0 fully saturated rings. The van der Waals surface area contributed by atoms with Gasteiger partial charge in [0.25, 0.3) is 21.5 Å². The topological polar surface area (TPSA) is 113 Å².